The van der Waals surface area contributed by atoms with Gasteiger partial charge in [-0.15, -0.1) is 0 Å². The van der Waals surface area contributed by atoms with Gasteiger partial charge >= 0.3 is 0 Å². The maximum atomic E-state index is 6.27. The highest BCUT2D eigenvalue weighted by Gasteiger charge is 2.23. The molecule has 1 aliphatic rings. The first-order valence-corrected chi connectivity index (χ1v) is 8.13. The van der Waals surface area contributed by atoms with Crippen molar-refractivity contribution in [3.63, 3.8) is 0 Å². The van der Waals surface area contributed by atoms with Crippen molar-refractivity contribution in [3.8, 4) is 17.2 Å². The first-order valence-electron chi connectivity index (χ1n) is 8.13. The summed E-state index contributed by atoms with van der Waals surface area (Å²) in [5.74, 6) is 1.83. The second-order valence-electron chi connectivity index (χ2n) is 6.27. The van der Waals surface area contributed by atoms with Crippen molar-refractivity contribution in [1.82, 2.24) is 4.57 Å². The van der Waals surface area contributed by atoms with Crippen LogP contribution in [-0.4, -0.2) is 4.57 Å². The van der Waals surface area contributed by atoms with E-state index in [2.05, 4.69) is 83.4 Å². The summed E-state index contributed by atoms with van der Waals surface area (Å²) in [5, 5.41) is 4.93. The number of hydrogen-bond donors (Lipinski definition) is 0. The molecule has 0 amide bonds. The van der Waals surface area contributed by atoms with E-state index < -0.39 is 0 Å². The summed E-state index contributed by atoms with van der Waals surface area (Å²) in [6.45, 7) is 0. The summed E-state index contributed by atoms with van der Waals surface area (Å²) in [6, 6.07) is 27.6. The van der Waals surface area contributed by atoms with E-state index in [1.807, 2.05) is 0 Å². The van der Waals surface area contributed by atoms with Crippen LogP contribution in [0.2, 0.25) is 0 Å². The SMILES string of the molecule is c1ccc2cc3c(cc2c1)Oc1cccc2c4ccccc4n-3c12. The lowest BCUT2D eigenvalue weighted by Gasteiger charge is -2.21. The fourth-order valence-electron chi connectivity index (χ4n) is 3.90. The van der Waals surface area contributed by atoms with Crippen LogP contribution in [0.25, 0.3) is 38.3 Å². The van der Waals surface area contributed by atoms with Crippen LogP contribution in [-0.2, 0) is 0 Å². The van der Waals surface area contributed by atoms with Crippen molar-refractivity contribution in [3.05, 3.63) is 78.9 Å². The lowest BCUT2D eigenvalue weighted by Crippen LogP contribution is -2.04. The molecule has 4 aromatic carbocycles. The Morgan fingerprint density at radius 1 is 0.625 bits per heavy atom. The Kier molecular flexibility index (Phi) is 2.12. The van der Waals surface area contributed by atoms with Crippen LogP contribution in [0.5, 0.6) is 11.5 Å². The number of para-hydroxylation sites is 2. The molecule has 2 heterocycles. The van der Waals surface area contributed by atoms with Crippen molar-refractivity contribution in [2.75, 3.05) is 0 Å². The van der Waals surface area contributed by atoms with Crippen molar-refractivity contribution in [2.45, 2.75) is 0 Å². The molecule has 24 heavy (non-hydrogen) atoms. The highest BCUT2D eigenvalue weighted by molar-refractivity contribution is 6.12. The maximum absolute atomic E-state index is 6.27. The van der Waals surface area contributed by atoms with Crippen LogP contribution in [0.4, 0.5) is 0 Å². The summed E-state index contributed by atoms with van der Waals surface area (Å²) in [6.07, 6.45) is 0. The monoisotopic (exact) mass is 307 g/mol. The van der Waals surface area contributed by atoms with Crippen molar-refractivity contribution in [2.24, 2.45) is 0 Å². The van der Waals surface area contributed by atoms with E-state index >= 15 is 0 Å². The standard InChI is InChI=1S/C22H13NO/c1-2-7-15-13-21-19(12-14(15)6-1)23-18-10-4-3-8-16(18)17-9-5-11-20(24-21)22(17)23/h1-13H. The molecule has 1 aliphatic heterocycles. The minimum atomic E-state index is 0.912. The fraction of sp³-hybridized carbons (Fsp3) is 0. The van der Waals surface area contributed by atoms with Crippen molar-refractivity contribution >= 4 is 32.6 Å². The summed E-state index contributed by atoms with van der Waals surface area (Å²) < 4.78 is 8.60. The lowest BCUT2D eigenvalue weighted by atomic mass is 10.1. The van der Waals surface area contributed by atoms with E-state index in [0.717, 1.165) is 22.7 Å². The zero-order chi connectivity index (χ0) is 15.7. The molecule has 0 bridgehead atoms. The first-order chi connectivity index (χ1) is 11.9. The van der Waals surface area contributed by atoms with Gasteiger partial charge < -0.3 is 9.30 Å². The molecule has 0 saturated carbocycles. The first kappa shape index (κ1) is 12.2. The van der Waals surface area contributed by atoms with E-state index in [1.165, 1.54) is 27.1 Å². The molecule has 1 aromatic heterocycles. The topological polar surface area (TPSA) is 14.2 Å². The van der Waals surface area contributed by atoms with Gasteiger partial charge in [0.1, 0.15) is 0 Å². The third-order valence-electron chi connectivity index (χ3n) is 4.95. The van der Waals surface area contributed by atoms with Crippen LogP contribution < -0.4 is 4.74 Å². The average molecular weight is 307 g/mol. The van der Waals surface area contributed by atoms with Crippen LogP contribution >= 0.6 is 0 Å². The number of aromatic nitrogens is 1. The minimum Gasteiger partial charge on any atom is -0.453 e. The van der Waals surface area contributed by atoms with Gasteiger partial charge in [-0.2, -0.15) is 0 Å². The van der Waals surface area contributed by atoms with E-state index in [1.54, 1.807) is 0 Å². The molecule has 0 fully saturated rings. The zero-order valence-corrected chi connectivity index (χ0v) is 12.9. The summed E-state index contributed by atoms with van der Waals surface area (Å²) >= 11 is 0. The normalized spacial score (nSPS) is 12.5. The molecule has 2 nitrogen and oxygen atoms in total. The van der Waals surface area contributed by atoms with Gasteiger partial charge in [-0.1, -0.05) is 54.6 Å². The summed E-state index contributed by atoms with van der Waals surface area (Å²) in [7, 11) is 0. The smallest absolute Gasteiger partial charge is 0.152 e. The molecule has 0 aliphatic carbocycles. The average Bonchev–Trinajstić information content (AvgIpc) is 2.97. The van der Waals surface area contributed by atoms with E-state index in [0.29, 0.717) is 0 Å². The number of benzene rings is 4. The molecule has 0 atom stereocenters. The molecule has 5 aromatic rings. The van der Waals surface area contributed by atoms with Gasteiger partial charge in [0.15, 0.2) is 11.5 Å². The van der Waals surface area contributed by atoms with E-state index in [9.17, 15) is 0 Å². The number of ether oxygens (including phenoxy) is 1. The van der Waals surface area contributed by atoms with Crippen LogP contribution in [0, 0.1) is 0 Å². The van der Waals surface area contributed by atoms with Gasteiger partial charge in [0.25, 0.3) is 0 Å². The van der Waals surface area contributed by atoms with Gasteiger partial charge in [0, 0.05) is 10.8 Å². The lowest BCUT2D eigenvalue weighted by molar-refractivity contribution is 0.477. The fourth-order valence-corrected chi connectivity index (χ4v) is 3.90. The maximum Gasteiger partial charge on any atom is 0.152 e. The third-order valence-corrected chi connectivity index (χ3v) is 4.95. The molecular formula is C22H13NO. The summed E-state index contributed by atoms with van der Waals surface area (Å²) in [4.78, 5) is 0. The zero-order valence-electron chi connectivity index (χ0n) is 12.9. The molecule has 0 N–H and O–H groups in total. The van der Waals surface area contributed by atoms with Crippen LogP contribution in [0.1, 0.15) is 0 Å². The Hall–Kier alpha value is -3.26. The second kappa shape index (κ2) is 4.18. The molecular weight excluding hydrogens is 294 g/mol. The third kappa shape index (κ3) is 1.41. The van der Waals surface area contributed by atoms with Gasteiger partial charge in [-0.05, 0) is 35.0 Å². The van der Waals surface area contributed by atoms with E-state index in [-0.39, 0.29) is 0 Å². The van der Waals surface area contributed by atoms with Gasteiger partial charge in [0.05, 0.1) is 16.7 Å². The minimum absolute atomic E-state index is 0.912. The number of fused-ring (bicyclic) bond motifs is 6. The largest absolute Gasteiger partial charge is 0.453 e. The van der Waals surface area contributed by atoms with Gasteiger partial charge in [-0.25, -0.2) is 0 Å². The van der Waals surface area contributed by atoms with Crippen LogP contribution in [0.15, 0.2) is 78.9 Å². The Labute approximate surface area is 138 Å². The Bertz CT molecular complexity index is 1280. The van der Waals surface area contributed by atoms with Gasteiger partial charge in [-0.3, -0.25) is 0 Å². The quantitative estimate of drug-likeness (QED) is 0.333. The highest BCUT2D eigenvalue weighted by Crippen LogP contribution is 2.46. The van der Waals surface area contributed by atoms with Gasteiger partial charge in [0.2, 0.25) is 0 Å². The molecule has 0 unspecified atom stereocenters. The summed E-state index contributed by atoms with van der Waals surface area (Å²) in [5.41, 5.74) is 3.49. The van der Waals surface area contributed by atoms with E-state index in [4.69, 9.17) is 4.74 Å². The number of hydrogen-bond acceptors (Lipinski definition) is 1. The molecule has 112 valence electrons. The predicted octanol–water partition coefficient (Wildman–Crippen LogP) is 6.04. The molecule has 0 radical (unpaired) electrons. The number of nitrogens with zero attached hydrogens (tertiary/aromatic N) is 1. The molecule has 0 spiro atoms. The van der Waals surface area contributed by atoms with Crippen LogP contribution in [0.3, 0.4) is 0 Å². The Balaban J connectivity index is 1.87. The second-order valence-corrected chi connectivity index (χ2v) is 6.27. The molecule has 2 heteroatoms. The molecule has 6 rings (SSSR count). The predicted molar refractivity (Wildman–Crippen MR) is 98.4 cm³/mol. The Morgan fingerprint density at radius 2 is 1.38 bits per heavy atom. The molecule has 0 saturated heterocycles. The highest BCUT2D eigenvalue weighted by atomic mass is 16.5. The van der Waals surface area contributed by atoms with Crippen molar-refractivity contribution in [1.29, 1.82) is 0 Å². The van der Waals surface area contributed by atoms with Crippen molar-refractivity contribution < 1.29 is 4.74 Å². The Morgan fingerprint density at radius 3 is 2.29 bits per heavy atom. The number of rotatable bonds is 0.